The molecule has 1 N–H and O–H groups in total. The first-order chi connectivity index (χ1) is 9.49. The number of hydrogen-bond acceptors (Lipinski definition) is 2. The number of hydrogen-bond donors (Lipinski definition) is 1. The van der Waals surface area contributed by atoms with Crippen molar-refractivity contribution in [2.75, 3.05) is 0 Å². The predicted molar refractivity (Wildman–Crippen MR) is 60.3 cm³/mol. The van der Waals surface area contributed by atoms with Gasteiger partial charge in [-0.3, -0.25) is 0 Å². The van der Waals surface area contributed by atoms with Crippen LogP contribution in [-0.2, 0) is 0 Å². The number of benzene rings is 2. The van der Waals surface area contributed by atoms with Crippen LogP contribution < -0.4 is 4.65 Å². The molecule has 0 unspecified atom stereocenters. The maximum absolute atomic E-state index is 13.7. The van der Waals surface area contributed by atoms with E-state index in [2.05, 4.69) is 4.65 Å². The second-order valence-electron chi connectivity index (χ2n) is 3.66. The van der Waals surface area contributed by atoms with Gasteiger partial charge in [-0.1, -0.05) is 18.2 Å². The van der Waals surface area contributed by atoms with E-state index in [1.165, 1.54) is 18.2 Å². The summed E-state index contributed by atoms with van der Waals surface area (Å²) < 4.78 is 71.1. The quantitative estimate of drug-likeness (QED) is 0.407. The zero-order valence-corrected chi connectivity index (χ0v) is 9.63. The maximum Gasteiger partial charge on any atom is 0.569 e. The molecule has 0 amide bonds. The van der Waals surface area contributed by atoms with Crippen LogP contribution in [0.15, 0.2) is 24.3 Å². The smallest absolute Gasteiger partial charge is 0.537 e. The SMILES string of the molecule is O[B]Oc1ccccc1-c1c(F)c(F)c(F)c(F)c1F. The van der Waals surface area contributed by atoms with Gasteiger partial charge in [0.1, 0.15) is 5.75 Å². The van der Waals surface area contributed by atoms with Crippen molar-refractivity contribution in [3.63, 3.8) is 0 Å². The molecule has 0 aliphatic carbocycles. The lowest BCUT2D eigenvalue weighted by Crippen LogP contribution is -2.06. The second kappa shape index (κ2) is 5.50. The van der Waals surface area contributed by atoms with Crippen LogP contribution >= 0.6 is 0 Å². The normalized spacial score (nSPS) is 10.5. The van der Waals surface area contributed by atoms with Gasteiger partial charge in [-0.15, -0.1) is 0 Å². The van der Waals surface area contributed by atoms with Crippen LogP contribution in [-0.4, -0.2) is 12.7 Å². The fraction of sp³-hybridized carbons (Fsp3) is 0. The molecule has 0 heterocycles. The molecule has 2 aromatic carbocycles. The Balaban J connectivity index is 2.77. The molecule has 0 bridgehead atoms. The van der Waals surface area contributed by atoms with E-state index < -0.39 is 34.6 Å². The minimum atomic E-state index is -2.24. The third kappa shape index (κ3) is 2.22. The molecule has 0 atom stereocenters. The minimum absolute atomic E-state index is 0.227. The van der Waals surface area contributed by atoms with Gasteiger partial charge in [0, 0.05) is 5.56 Å². The van der Waals surface area contributed by atoms with Crippen LogP contribution in [0.4, 0.5) is 22.0 Å². The summed E-state index contributed by atoms with van der Waals surface area (Å²) in [5, 5.41) is 8.54. The van der Waals surface area contributed by atoms with Crippen LogP contribution in [0.2, 0.25) is 0 Å². The molecule has 20 heavy (non-hydrogen) atoms. The lowest BCUT2D eigenvalue weighted by Gasteiger charge is -2.12. The van der Waals surface area contributed by atoms with Gasteiger partial charge < -0.3 is 9.68 Å². The summed E-state index contributed by atoms with van der Waals surface area (Å²) in [6.07, 6.45) is 0. The van der Waals surface area contributed by atoms with Gasteiger partial charge in [-0.05, 0) is 6.07 Å². The van der Waals surface area contributed by atoms with Gasteiger partial charge in [0.05, 0.1) is 5.56 Å². The van der Waals surface area contributed by atoms with Gasteiger partial charge in [0.25, 0.3) is 0 Å². The average molecular weight is 287 g/mol. The highest BCUT2D eigenvalue weighted by Crippen LogP contribution is 2.36. The van der Waals surface area contributed by atoms with E-state index in [-0.39, 0.29) is 19.0 Å². The highest BCUT2D eigenvalue weighted by atomic mass is 19.2. The van der Waals surface area contributed by atoms with E-state index in [1.807, 2.05) is 0 Å². The van der Waals surface area contributed by atoms with Crippen LogP contribution in [0.5, 0.6) is 5.75 Å². The Morgan fingerprint density at radius 3 is 1.85 bits per heavy atom. The first-order valence-corrected chi connectivity index (χ1v) is 5.22. The molecule has 2 rings (SSSR count). The maximum atomic E-state index is 13.7. The summed E-state index contributed by atoms with van der Waals surface area (Å²) >= 11 is 0. The standard InChI is InChI=1S/C12H5BF5O2/c14-8-7(9(15)11(17)12(18)10(8)16)5-3-1-2-4-6(5)20-13-19/h1-4,19H. The van der Waals surface area contributed by atoms with Crippen molar-refractivity contribution in [1.29, 1.82) is 0 Å². The second-order valence-corrected chi connectivity index (χ2v) is 3.66. The lowest BCUT2D eigenvalue weighted by atomic mass is 10.0. The van der Waals surface area contributed by atoms with Crippen molar-refractivity contribution in [3.8, 4) is 16.9 Å². The number of rotatable bonds is 3. The highest BCUT2D eigenvalue weighted by molar-refractivity contribution is 6.17. The van der Waals surface area contributed by atoms with Crippen molar-refractivity contribution in [2.24, 2.45) is 0 Å². The highest BCUT2D eigenvalue weighted by Gasteiger charge is 2.27. The largest absolute Gasteiger partial charge is 0.569 e. The molecule has 0 aliphatic heterocycles. The lowest BCUT2D eigenvalue weighted by molar-refractivity contribution is 0.381. The van der Waals surface area contributed by atoms with Crippen LogP contribution in [0, 0.1) is 29.1 Å². The minimum Gasteiger partial charge on any atom is -0.537 e. The van der Waals surface area contributed by atoms with Gasteiger partial charge in [-0.2, -0.15) is 0 Å². The third-order valence-corrected chi connectivity index (χ3v) is 2.55. The molecule has 1 radical (unpaired) electrons. The van der Waals surface area contributed by atoms with Crippen molar-refractivity contribution in [1.82, 2.24) is 0 Å². The summed E-state index contributed by atoms with van der Waals surface area (Å²) in [5.41, 5.74) is -1.51. The Hall–Kier alpha value is -2.09. The van der Waals surface area contributed by atoms with E-state index in [4.69, 9.17) is 5.02 Å². The molecule has 2 aromatic rings. The van der Waals surface area contributed by atoms with Gasteiger partial charge in [-0.25, -0.2) is 22.0 Å². The van der Waals surface area contributed by atoms with E-state index in [0.29, 0.717) is 0 Å². The fourth-order valence-electron chi connectivity index (χ4n) is 1.67. The predicted octanol–water partition coefficient (Wildman–Crippen LogP) is 2.95. The summed E-state index contributed by atoms with van der Waals surface area (Å²) in [6, 6.07) is 5.00. The zero-order valence-electron chi connectivity index (χ0n) is 9.63. The molecule has 2 nitrogen and oxygen atoms in total. The molecule has 0 saturated carbocycles. The van der Waals surface area contributed by atoms with Crippen molar-refractivity contribution in [3.05, 3.63) is 53.4 Å². The van der Waals surface area contributed by atoms with E-state index in [1.54, 1.807) is 0 Å². The summed E-state index contributed by atoms with van der Waals surface area (Å²) in [4.78, 5) is 0. The number of halogens is 5. The first kappa shape index (κ1) is 14.3. The summed E-state index contributed by atoms with van der Waals surface area (Å²) in [6.45, 7) is 0. The molecular weight excluding hydrogens is 282 g/mol. The molecule has 0 saturated heterocycles. The number of para-hydroxylation sites is 1. The monoisotopic (exact) mass is 287 g/mol. The average Bonchev–Trinajstić information content (AvgIpc) is 2.45. The van der Waals surface area contributed by atoms with Crippen LogP contribution in [0.3, 0.4) is 0 Å². The van der Waals surface area contributed by atoms with E-state index >= 15 is 0 Å². The van der Waals surface area contributed by atoms with Gasteiger partial charge in [0.2, 0.25) is 5.82 Å². The Labute approximate surface area is 110 Å². The van der Waals surface area contributed by atoms with Crippen molar-refractivity contribution in [2.45, 2.75) is 0 Å². The Morgan fingerprint density at radius 1 is 0.800 bits per heavy atom. The van der Waals surface area contributed by atoms with Crippen LogP contribution in [0.1, 0.15) is 0 Å². The summed E-state index contributed by atoms with van der Waals surface area (Å²) in [5.74, 6) is -10.6. The molecule has 8 heteroatoms. The molecule has 0 fully saturated rings. The van der Waals surface area contributed by atoms with Crippen molar-refractivity contribution < 1.29 is 31.6 Å². The summed E-state index contributed by atoms with van der Waals surface area (Å²) in [7, 11) is 0.227. The molecule has 0 aliphatic rings. The molecule has 103 valence electrons. The van der Waals surface area contributed by atoms with Gasteiger partial charge in [0.15, 0.2) is 23.3 Å². The first-order valence-electron chi connectivity index (χ1n) is 5.22. The Morgan fingerprint density at radius 2 is 1.30 bits per heavy atom. The third-order valence-electron chi connectivity index (χ3n) is 2.55. The molecule has 0 aromatic heterocycles. The van der Waals surface area contributed by atoms with E-state index in [0.717, 1.165) is 6.07 Å². The van der Waals surface area contributed by atoms with E-state index in [9.17, 15) is 22.0 Å². The Bertz CT molecular complexity index is 634. The fourth-order valence-corrected chi connectivity index (χ4v) is 1.67. The zero-order chi connectivity index (χ0) is 14.9. The Kier molecular flexibility index (Phi) is 3.94. The van der Waals surface area contributed by atoms with Crippen LogP contribution in [0.25, 0.3) is 11.1 Å². The molecule has 0 spiro atoms. The van der Waals surface area contributed by atoms with Crippen molar-refractivity contribution >= 4 is 7.69 Å². The molecular formula is C12H5BF5O2. The topological polar surface area (TPSA) is 29.5 Å². The van der Waals surface area contributed by atoms with Gasteiger partial charge >= 0.3 is 7.69 Å².